The molecule has 1 aromatic heterocycles. The van der Waals surface area contributed by atoms with Crippen LogP contribution in [0.15, 0.2) is 18.2 Å². The van der Waals surface area contributed by atoms with E-state index in [1.54, 1.807) is 24.0 Å². The molecule has 142 valence electrons. The van der Waals surface area contributed by atoms with Crippen molar-refractivity contribution in [3.05, 3.63) is 39.3 Å². The van der Waals surface area contributed by atoms with Gasteiger partial charge in [0, 0.05) is 24.7 Å². The third kappa shape index (κ3) is 4.17. The number of amides is 1. The van der Waals surface area contributed by atoms with Crippen LogP contribution in [0.5, 0.6) is 11.5 Å². The third-order valence-corrected chi connectivity index (χ3v) is 5.39. The number of allylic oxidation sites excluding steroid dienone is 1. The smallest absolute Gasteiger partial charge is 0.266 e. The van der Waals surface area contributed by atoms with Gasteiger partial charge in [-0.2, -0.15) is 0 Å². The number of rotatable bonds is 5. The fourth-order valence-corrected chi connectivity index (χ4v) is 3.77. The average Bonchev–Trinajstić information content (AvgIpc) is 3.08. The molecule has 0 radical (unpaired) electrons. The van der Waals surface area contributed by atoms with Crippen LogP contribution in [0, 0.1) is 6.92 Å². The van der Waals surface area contributed by atoms with Crippen molar-refractivity contribution in [2.45, 2.75) is 6.92 Å². The number of aryl methyl sites for hydroxylation is 1. The molecule has 1 aliphatic heterocycles. The quantitative estimate of drug-likeness (QED) is 0.625. The highest BCUT2D eigenvalue weighted by atomic mass is 32.1. The van der Waals surface area contributed by atoms with Crippen LogP contribution >= 0.6 is 11.3 Å². The maximum atomic E-state index is 12.7. The first-order valence-electron chi connectivity index (χ1n) is 8.42. The van der Waals surface area contributed by atoms with Crippen molar-refractivity contribution in [3.63, 3.8) is 0 Å². The molecule has 0 saturated carbocycles. The number of carbonyl (C=O) groups is 2. The number of nitrogens with zero attached hydrogens (tertiary/aromatic N) is 2. The summed E-state index contributed by atoms with van der Waals surface area (Å²) in [6, 6.07) is 4.63. The van der Waals surface area contributed by atoms with Gasteiger partial charge in [-0.1, -0.05) is 0 Å². The minimum absolute atomic E-state index is 0.0696. The van der Waals surface area contributed by atoms with Crippen LogP contribution in [0.25, 0.3) is 11.6 Å². The monoisotopic (exact) mass is 388 g/mol. The number of phenols is 1. The number of methoxy groups -OCH3 is 1. The number of hydrogen-bond donors (Lipinski definition) is 1. The summed E-state index contributed by atoms with van der Waals surface area (Å²) in [6.45, 7) is 3.91. The number of aldehydes is 1. The number of thiazole rings is 1. The first kappa shape index (κ1) is 19.1. The molecule has 7 nitrogen and oxygen atoms in total. The molecule has 0 aliphatic carbocycles. The highest BCUT2D eigenvalue weighted by Gasteiger charge is 2.24. The van der Waals surface area contributed by atoms with Crippen molar-refractivity contribution in [1.29, 1.82) is 0 Å². The highest BCUT2D eigenvalue weighted by molar-refractivity contribution is 7.15. The van der Waals surface area contributed by atoms with Crippen molar-refractivity contribution >= 4 is 35.2 Å². The number of ether oxygens (including phenoxy) is 2. The molecule has 1 amide bonds. The Balaban J connectivity index is 1.93. The lowest BCUT2D eigenvalue weighted by Crippen LogP contribution is -2.40. The van der Waals surface area contributed by atoms with Crippen LogP contribution in [0.3, 0.4) is 0 Å². The van der Waals surface area contributed by atoms with Gasteiger partial charge in [0.1, 0.15) is 21.4 Å². The van der Waals surface area contributed by atoms with Gasteiger partial charge in [-0.3, -0.25) is 9.59 Å². The van der Waals surface area contributed by atoms with Crippen molar-refractivity contribution < 1.29 is 24.2 Å². The van der Waals surface area contributed by atoms with Crippen LogP contribution in [0.4, 0.5) is 0 Å². The Labute approximate surface area is 160 Å². The molecule has 27 heavy (non-hydrogen) atoms. The lowest BCUT2D eigenvalue weighted by atomic mass is 10.1. The van der Waals surface area contributed by atoms with Crippen molar-refractivity contribution in [2.75, 3.05) is 33.4 Å². The van der Waals surface area contributed by atoms with Gasteiger partial charge in [0.25, 0.3) is 5.91 Å². The van der Waals surface area contributed by atoms with Crippen molar-refractivity contribution in [1.82, 2.24) is 9.88 Å². The van der Waals surface area contributed by atoms with E-state index < -0.39 is 0 Å². The van der Waals surface area contributed by atoms with Gasteiger partial charge in [-0.15, -0.1) is 11.3 Å². The van der Waals surface area contributed by atoms with E-state index in [-0.39, 0.29) is 11.7 Å². The largest absolute Gasteiger partial charge is 0.508 e. The van der Waals surface area contributed by atoms with Gasteiger partial charge in [-0.05, 0) is 25.1 Å². The van der Waals surface area contributed by atoms with Gasteiger partial charge in [0.15, 0.2) is 6.29 Å². The van der Waals surface area contributed by atoms with E-state index in [9.17, 15) is 14.7 Å². The topological polar surface area (TPSA) is 89.0 Å². The van der Waals surface area contributed by atoms with Crippen LogP contribution in [0.1, 0.15) is 25.9 Å². The zero-order valence-electron chi connectivity index (χ0n) is 15.1. The Bertz CT molecular complexity index is 884. The third-order valence-electron chi connectivity index (χ3n) is 4.19. The van der Waals surface area contributed by atoms with Crippen molar-refractivity contribution in [2.24, 2.45) is 0 Å². The summed E-state index contributed by atoms with van der Waals surface area (Å²) in [5, 5.41) is 10.0. The molecule has 1 aliphatic rings. The van der Waals surface area contributed by atoms with Gasteiger partial charge >= 0.3 is 0 Å². The molecule has 0 unspecified atom stereocenters. The fourth-order valence-electron chi connectivity index (χ4n) is 2.76. The van der Waals surface area contributed by atoms with Crippen molar-refractivity contribution in [3.8, 4) is 11.5 Å². The number of aromatic hydroxyl groups is 1. The Morgan fingerprint density at radius 3 is 2.78 bits per heavy atom. The molecule has 2 aromatic rings. The normalized spacial score (nSPS) is 14.9. The molecule has 1 N–H and O–H groups in total. The molecule has 1 aromatic carbocycles. The van der Waals surface area contributed by atoms with E-state index in [2.05, 4.69) is 4.98 Å². The summed E-state index contributed by atoms with van der Waals surface area (Å²) in [5.74, 6) is 0.416. The zero-order chi connectivity index (χ0) is 19.4. The fraction of sp³-hybridized carbons (Fsp3) is 0.316. The Kier molecular flexibility index (Phi) is 5.88. The number of carbonyl (C=O) groups excluding carboxylic acids is 2. The van der Waals surface area contributed by atoms with E-state index in [4.69, 9.17) is 9.47 Å². The van der Waals surface area contributed by atoms with Gasteiger partial charge in [-0.25, -0.2) is 4.98 Å². The summed E-state index contributed by atoms with van der Waals surface area (Å²) in [7, 11) is 1.49. The van der Waals surface area contributed by atoms with E-state index in [1.165, 1.54) is 30.6 Å². The summed E-state index contributed by atoms with van der Waals surface area (Å²) in [6.07, 6.45) is 2.33. The van der Waals surface area contributed by atoms with E-state index in [1.807, 2.05) is 0 Å². The van der Waals surface area contributed by atoms with Gasteiger partial charge < -0.3 is 19.5 Å². The predicted octanol–water partition coefficient (Wildman–Crippen LogP) is 2.38. The second-order valence-electron chi connectivity index (χ2n) is 5.98. The minimum Gasteiger partial charge on any atom is -0.508 e. The summed E-state index contributed by atoms with van der Waals surface area (Å²) < 4.78 is 10.5. The molecule has 1 saturated heterocycles. The average molecular weight is 388 g/mol. The van der Waals surface area contributed by atoms with E-state index in [0.717, 1.165) is 0 Å². The molecule has 0 atom stereocenters. The van der Waals surface area contributed by atoms with E-state index >= 15 is 0 Å². The second-order valence-corrected chi connectivity index (χ2v) is 6.98. The number of aromatic nitrogens is 1. The molecular formula is C19H20N2O5S. The molecular weight excluding hydrogens is 368 g/mol. The zero-order valence-corrected chi connectivity index (χ0v) is 15.9. The Hall–Kier alpha value is -2.71. The standard InChI is InChI=1S/C19H20N2O5S/c1-12-17(19(24)21-5-7-26-8-6-21)27-18(20-12)14(11-22)9-13-3-4-15(23)10-16(13)25-2/h3-4,9-11,23H,5-8H2,1-2H3/b14-9+. The maximum Gasteiger partial charge on any atom is 0.266 e. The second kappa shape index (κ2) is 8.32. The van der Waals surface area contributed by atoms with Crippen LogP contribution in [-0.4, -0.2) is 60.6 Å². The molecule has 8 heteroatoms. The maximum absolute atomic E-state index is 12.7. The molecule has 1 fully saturated rings. The molecule has 2 heterocycles. The Morgan fingerprint density at radius 2 is 2.11 bits per heavy atom. The first-order chi connectivity index (χ1) is 13.0. The predicted molar refractivity (Wildman–Crippen MR) is 102 cm³/mol. The minimum atomic E-state index is -0.0907. The lowest BCUT2D eigenvalue weighted by Gasteiger charge is -2.26. The first-order valence-corrected chi connectivity index (χ1v) is 9.24. The molecule has 0 spiro atoms. The van der Waals surface area contributed by atoms with Crippen LogP contribution < -0.4 is 4.74 Å². The highest BCUT2D eigenvalue weighted by Crippen LogP contribution is 2.30. The van der Waals surface area contributed by atoms with Gasteiger partial charge in [0.2, 0.25) is 0 Å². The molecule has 3 rings (SSSR count). The number of morpholine rings is 1. The number of benzene rings is 1. The summed E-state index contributed by atoms with van der Waals surface area (Å²) in [5.41, 5.74) is 1.57. The van der Waals surface area contributed by atoms with Crippen LogP contribution in [0.2, 0.25) is 0 Å². The summed E-state index contributed by atoms with van der Waals surface area (Å²) >= 11 is 1.20. The van der Waals surface area contributed by atoms with Gasteiger partial charge in [0.05, 0.1) is 31.6 Å². The Morgan fingerprint density at radius 1 is 1.37 bits per heavy atom. The lowest BCUT2D eigenvalue weighted by molar-refractivity contribution is -0.103. The molecule has 0 bridgehead atoms. The number of hydrogen-bond acceptors (Lipinski definition) is 7. The number of phenolic OH excluding ortho intramolecular Hbond substituents is 1. The van der Waals surface area contributed by atoms with E-state index in [0.29, 0.717) is 65.1 Å². The van der Waals surface area contributed by atoms with Crippen LogP contribution in [-0.2, 0) is 9.53 Å². The SMILES string of the molecule is COc1cc(O)ccc1/C=C(\C=O)c1nc(C)c(C(=O)N2CCOCC2)s1. The summed E-state index contributed by atoms with van der Waals surface area (Å²) in [4.78, 5) is 31.1.